The van der Waals surface area contributed by atoms with Gasteiger partial charge in [0.1, 0.15) is 6.04 Å². The number of carbonyl (C=O) groups is 2. The molecule has 1 aliphatic carbocycles. The van der Waals surface area contributed by atoms with Crippen molar-refractivity contribution in [1.82, 2.24) is 5.32 Å². The molecule has 1 unspecified atom stereocenters. The van der Waals surface area contributed by atoms with Crippen molar-refractivity contribution in [2.75, 3.05) is 0 Å². The van der Waals surface area contributed by atoms with Crippen molar-refractivity contribution in [3.05, 3.63) is 0 Å². The topological polar surface area (TPSA) is 66.4 Å². The Morgan fingerprint density at radius 3 is 2.17 bits per heavy atom. The first kappa shape index (κ1) is 15.0. The Morgan fingerprint density at radius 1 is 1.22 bits per heavy atom. The summed E-state index contributed by atoms with van der Waals surface area (Å²) in [5.41, 5.74) is 0. The lowest BCUT2D eigenvalue weighted by molar-refractivity contribution is -0.142. The molecule has 0 aromatic heterocycles. The second-order valence-corrected chi connectivity index (χ2v) is 5.66. The molecule has 0 aliphatic heterocycles. The van der Waals surface area contributed by atoms with Gasteiger partial charge < -0.3 is 10.4 Å². The minimum absolute atomic E-state index is 0.00778. The Balaban J connectivity index is 2.42. The van der Waals surface area contributed by atoms with Gasteiger partial charge in [-0.25, -0.2) is 4.79 Å². The van der Waals surface area contributed by atoms with Crippen LogP contribution in [0.15, 0.2) is 0 Å². The summed E-state index contributed by atoms with van der Waals surface area (Å²) in [7, 11) is 0. The van der Waals surface area contributed by atoms with Crippen LogP contribution in [0.5, 0.6) is 0 Å². The third-order valence-corrected chi connectivity index (χ3v) is 4.11. The molecule has 1 amide bonds. The molecule has 0 bridgehead atoms. The van der Waals surface area contributed by atoms with Crippen LogP contribution in [-0.4, -0.2) is 23.0 Å². The summed E-state index contributed by atoms with van der Waals surface area (Å²) in [5.74, 6) is 0.383. The monoisotopic (exact) mass is 255 g/mol. The van der Waals surface area contributed by atoms with Gasteiger partial charge in [0.2, 0.25) is 5.91 Å². The van der Waals surface area contributed by atoms with E-state index in [1.807, 2.05) is 0 Å². The number of carboxylic acids is 1. The van der Waals surface area contributed by atoms with E-state index in [1.165, 1.54) is 0 Å². The van der Waals surface area contributed by atoms with E-state index < -0.39 is 12.0 Å². The summed E-state index contributed by atoms with van der Waals surface area (Å²) < 4.78 is 0. The number of hydrogen-bond acceptors (Lipinski definition) is 2. The van der Waals surface area contributed by atoms with Gasteiger partial charge in [-0.1, -0.05) is 20.8 Å². The van der Waals surface area contributed by atoms with E-state index in [-0.39, 0.29) is 11.8 Å². The van der Waals surface area contributed by atoms with Crippen LogP contribution < -0.4 is 5.32 Å². The fraction of sp³-hybridized carbons (Fsp3) is 0.857. The van der Waals surface area contributed by atoms with Gasteiger partial charge in [0.15, 0.2) is 0 Å². The lowest BCUT2D eigenvalue weighted by Crippen LogP contribution is -2.44. The van der Waals surface area contributed by atoms with Crippen molar-refractivity contribution in [3.63, 3.8) is 0 Å². The summed E-state index contributed by atoms with van der Waals surface area (Å²) in [4.78, 5) is 22.8. The van der Waals surface area contributed by atoms with Gasteiger partial charge in [-0.05, 0) is 43.9 Å². The van der Waals surface area contributed by atoms with Crippen LogP contribution in [0.4, 0.5) is 0 Å². The molecule has 1 fully saturated rings. The summed E-state index contributed by atoms with van der Waals surface area (Å²) in [6, 6.07) is -0.736. The van der Waals surface area contributed by atoms with Crippen molar-refractivity contribution in [3.8, 4) is 0 Å². The Morgan fingerprint density at radius 2 is 1.78 bits per heavy atom. The van der Waals surface area contributed by atoms with E-state index in [4.69, 9.17) is 5.11 Å². The minimum atomic E-state index is -0.943. The minimum Gasteiger partial charge on any atom is -0.480 e. The average Bonchev–Trinajstić information content (AvgIpc) is 2.35. The van der Waals surface area contributed by atoms with Gasteiger partial charge >= 0.3 is 5.97 Å². The van der Waals surface area contributed by atoms with Gasteiger partial charge in [-0.3, -0.25) is 4.79 Å². The van der Waals surface area contributed by atoms with Crippen LogP contribution >= 0.6 is 0 Å². The number of nitrogens with one attached hydrogen (secondary N) is 1. The second-order valence-electron chi connectivity index (χ2n) is 5.66. The quantitative estimate of drug-likeness (QED) is 0.793. The normalized spacial score (nSPS) is 25.8. The van der Waals surface area contributed by atoms with Gasteiger partial charge in [0.05, 0.1) is 0 Å². The summed E-state index contributed by atoms with van der Waals surface area (Å²) in [6.45, 7) is 6.22. The summed E-state index contributed by atoms with van der Waals surface area (Å²) in [6.07, 6.45) is 4.39. The molecule has 4 nitrogen and oxygen atoms in total. The lowest BCUT2D eigenvalue weighted by atomic mass is 9.76. The molecule has 0 aromatic rings. The molecule has 2 N–H and O–H groups in total. The smallest absolute Gasteiger partial charge is 0.326 e. The van der Waals surface area contributed by atoms with E-state index in [2.05, 4.69) is 19.2 Å². The highest BCUT2D eigenvalue weighted by molar-refractivity contribution is 5.84. The number of carbonyl (C=O) groups excluding carboxylic acids is 1. The number of hydrogen-bond donors (Lipinski definition) is 2. The van der Waals surface area contributed by atoms with Gasteiger partial charge in [-0.15, -0.1) is 0 Å². The maximum absolute atomic E-state index is 12.0. The van der Waals surface area contributed by atoms with E-state index >= 15 is 0 Å². The highest BCUT2D eigenvalue weighted by Gasteiger charge is 2.29. The van der Waals surface area contributed by atoms with Crippen molar-refractivity contribution >= 4 is 11.9 Å². The molecular formula is C14H25NO3. The Kier molecular flexibility index (Phi) is 5.63. The SMILES string of the molecule is CCC(NC(=O)C1CCC(C(C)C)CC1)C(=O)O. The number of rotatable bonds is 5. The maximum atomic E-state index is 12.0. The summed E-state index contributed by atoms with van der Waals surface area (Å²) >= 11 is 0. The molecule has 0 saturated heterocycles. The largest absolute Gasteiger partial charge is 0.480 e. The van der Waals surface area contributed by atoms with Gasteiger partial charge in [0, 0.05) is 5.92 Å². The predicted octanol–water partition coefficient (Wildman–Crippen LogP) is 2.43. The van der Waals surface area contributed by atoms with Crippen LogP contribution in [0.2, 0.25) is 0 Å². The van der Waals surface area contributed by atoms with Crippen LogP contribution in [0.25, 0.3) is 0 Å². The highest BCUT2D eigenvalue weighted by Crippen LogP contribution is 2.33. The molecule has 104 valence electrons. The maximum Gasteiger partial charge on any atom is 0.326 e. The fourth-order valence-corrected chi connectivity index (χ4v) is 2.68. The standard InChI is InChI=1S/C14H25NO3/c1-4-12(14(17)18)15-13(16)11-7-5-10(6-8-11)9(2)3/h9-12H,4-8H2,1-3H3,(H,15,16)(H,17,18). The molecule has 1 atom stereocenters. The zero-order valence-electron chi connectivity index (χ0n) is 11.6. The van der Waals surface area contributed by atoms with Crippen LogP contribution in [0, 0.1) is 17.8 Å². The van der Waals surface area contributed by atoms with Gasteiger partial charge in [-0.2, -0.15) is 0 Å². The van der Waals surface area contributed by atoms with Crippen molar-refractivity contribution in [2.45, 2.75) is 58.9 Å². The van der Waals surface area contributed by atoms with E-state index in [0.29, 0.717) is 12.3 Å². The van der Waals surface area contributed by atoms with Gasteiger partial charge in [0.25, 0.3) is 0 Å². The first-order valence-electron chi connectivity index (χ1n) is 6.98. The van der Waals surface area contributed by atoms with Crippen molar-refractivity contribution in [2.24, 2.45) is 17.8 Å². The Bertz CT molecular complexity index is 293. The Labute approximate surface area is 109 Å². The van der Waals surface area contributed by atoms with Crippen molar-refractivity contribution in [1.29, 1.82) is 0 Å². The number of amides is 1. The molecule has 0 heterocycles. The van der Waals surface area contributed by atoms with Crippen molar-refractivity contribution < 1.29 is 14.7 Å². The van der Waals surface area contributed by atoms with Crippen LogP contribution in [0.3, 0.4) is 0 Å². The third kappa shape index (κ3) is 4.00. The molecular weight excluding hydrogens is 230 g/mol. The first-order chi connectivity index (χ1) is 8.45. The zero-order chi connectivity index (χ0) is 13.7. The molecule has 18 heavy (non-hydrogen) atoms. The molecule has 1 saturated carbocycles. The molecule has 0 aromatic carbocycles. The van der Waals surface area contributed by atoms with E-state index in [0.717, 1.165) is 31.6 Å². The van der Waals surface area contributed by atoms with Crippen LogP contribution in [0.1, 0.15) is 52.9 Å². The third-order valence-electron chi connectivity index (χ3n) is 4.11. The Hall–Kier alpha value is -1.06. The van der Waals surface area contributed by atoms with E-state index in [9.17, 15) is 9.59 Å². The highest BCUT2D eigenvalue weighted by atomic mass is 16.4. The predicted molar refractivity (Wildman–Crippen MR) is 70.1 cm³/mol. The fourth-order valence-electron chi connectivity index (χ4n) is 2.68. The molecule has 4 heteroatoms. The number of aliphatic carboxylic acids is 1. The molecule has 0 radical (unpaired) electrons. The molecule has 1 aliphatic rings. The second kappa shape index (κ2) is 6.76. The first-order valence-corrected chi connectivity index (χ1v) is 6.98. The molecule has 0 spiro atoms. The van der Waals surface area contributed by atoms with E-state index in [1.54, 1.807) is 6.92 Å². The number of carboxylic acid groups (broad SMARTS) is 1. The summed E-state index contributed by atoms with van der Waals surface area (Å²) in [5, 5.41) is 11.6. The molecule has 1 rings (SSSR count). The zero-order valence-corrected chi connectivity index (χ0v) is 11.6. The lowest BCUT2D eigenvalue weighted by Gasteiger charge is -2.30. The van der Waals surface area contributed by atoms with Crippen LogP contribution in [-0.2, 0) is 9.59 Å². The average molecular weight is 255 g/mol.